The zero-order chi connectivity index (χ0) is 15.7. The van der Waals surface area contributed by atoms with Gasteiger partial charge in [-0.25, -0.2) is 9.18 Å². The molecule has 1 aliphatic heterocycles. The van der Waals surface area contributed by atoms with Gasteiger partial charge in [0, 0.05) is 24.1 Å². The van der Waals surface area contributed by atoms with Gasteiger partial charge in [0.15, 0.2) is 5.67 Å². The lowest BCUT2D eigenvalue weighted by Crippen LogP contribution is -2.37. The second-order valence-corrected chi connectivity index (χ2v) is 6.32. The van der Waals surface area contributed by atoms with E-state index in [9.17, 15) is 9.59 Å². The molecule has 0 saturated carbocycles. The number of rotatable bonds is 2. The molecule has 1 aromatic carbocycles. The lowest BCUT2D eigenvalue weighted by atomic mass is 9.91. The van der Waals surface area contributed by atoms with E-state index in [4.69, 9.17) is 4.74 Å². The third-order valence-corrected chi connectivity index (χ3v) is 3.44. The lowest BCUT2D eigenvalue weighted by molar-refractivity contribution is 0.0257. The second kappa shape index (κ2) is 5.47. The molecule has 5 heteroatoms. The highest BCUT2D eigenvalue weighted by Crippen LogP contribution is 2.37. The number of hydrogen-bond donors (Lipinski definition) is 0. The van der Waals surface area contributed by atoms with Crippen molar-refractivity contribution in [2.24, 2.45) is 0 Å². The fourth-order valence-electron chi connectivity index (χ4n) is 2.48. The van der Waals surface area contributed by atoms with Crippen molar-refractivity contribution in [3.05, 3.63) is 35.4 Å². The molecule has 1 unspecified atom stereocenters. The van der Waals surface area contributed by atoms with E-state index in [2.05, 4.69) is 0 Å². The summed E-state index contributed by atoms with van der Waals surface area (Å²) < 4.78 is 20.4. The van der Waals surface area contributed by atoms with Gasteiger partial charge in [0.25, 0.3) is 0 Å². The summed E-state index contributed by atoms with van der Waals surface area (Å²) >= 11 is 0. The minimum Gasteiger partial charge on any atom is -0.444 e. The number of amides is 1. The molecular weight excluding hydrogens is 273 g/mol. The standard InChI is InChI=1S/C16H20FNO3/c1-15(2,3)21-14(20)18-9-8-16(17,11-18)13-7-5-4-6-12(13)10-19/h4-7,10H,8-9,11H2,1-3H3. The third kappa shape index (κ3) is 3.40. The average Bonchev–Trinajstić information content (AvgIpc) is 2.81. The highest BCUT2D eigenvalue weighted by molar-refractivity contribution is 5.78. The highest BCUT2D eigenvalue weighted by Gasteiger charge is 2.44. The van der Waals surface area contributed by atoms with Gasteiger partial charge in [0.1, 0.15) is 11.9 Å². The van der Waals surface area contributed by atoms with Crippen molar-refractivity contribution in [1.29, 1.82) is 0 Å². The first-order valence-corrected chi connectivity index (χ1v) is 6.97. The summed E-state index contributed by atoms with van der Waals surface area (Å²) in [5, 5.41) is 0. The summed E-state index contributed by atoms with van der Waals surface area (Å²) in [4.78, 5) is 24.4. The maximum Gasteiger partial charge on any atom is 0.410 e. The Balaban J connectivity index is 2.17. The van der Waals surface area contributed by atoms with Crippen LogP contribution >= 0.6 is 0 Å². The molecule has 4 nitrogen and oxygen atoms in total. The summed E-state index contributed by atoms with van der Waals surface area (Å²) in [6.45, 7) is 5.49. The van der Waals surface area contributed by atoms with Crippen LogP contribution in [0.15, 0.2) is 24.3 Å². The quantitative estimate of drug-likeness (QED) is 0.786. The van der Waals surface area contributed by atoms with Crippen molar-refractivity contribution >= 4 is 12.4 Å². The fourth-order valence-corrected chi connectivity index (χ4v) is 2.48. The van der Waals surface area contributed by atoms with Gasteiger partial charge in [0.2, 0.25) is 0 Å². The van der Waals surface area contributed by atoms with E-state index in [-0.39, 0.29) is 19.5 Å². The monoisotopic (exact) mass is 293 g/mol. The Morgan fingerprint density at radius 1 is 1.38 bits per heavy atom. The lowest BCUT2D eigenvalue weighted by Gasteiger charge is -2.26. The number of carbonyl (C=O) groups excluding carboxylic acids is 2. The first kappa shape index (κ1) is 15.5. The number of aldehydes is 1. The number of carbonyl (C=O) groups is 2. The van der Waals surface area contributed by atoms with Crippen molar-refractivity contribution in [2.75, 3.05) is 13.1 Å². The molecule has 0 radical (unpaired) electrons. The molecule has 0 bridgehead atoms. The minimum atomic E-state index is -1.70. The number of nitrogens with zero attached hydrogens (tertiary/aromatic N) is 1. The molecule has 114 valence electrons. The van der Waals surface area contributed by atoms with Crippen LogP contribution in [-0.2, 0) is 10.4 Å². The maximum absolute atomic E-state index is 15.1. The molecule has 0 aromatic heterocycles. The Bertz CT molecular complexity index is 553. The molecule has 1 atom stereocenters. The summed E-state index contributed by atoms with van der Waals surface area (Å²) in [6.07, 6.45) is 0.287. The summed E-state index contributed by atoms with van der Waals surface area (Å²) in [5.74, 6) is 0. The van der Waals surface area contributed by atoms with Gasteiger partial charge in [0.05, 0.1) is 6.54 Å². The molecule has 1 aromatic rings. The van der Waals surface area contributed by atoms with Crippen molar-refractivity contribution < 1.29 is 18.7 Å². The van der Waals surface area contributed by atoms with Gasteiger partial charge in [-0.3, -0.25) is 4.79 Å². The van der Waals surface area contributed by atoms with Gasteiger partial charge in [-0.2, -0.15) is 0 Å². The van der Waals surface area contributed by atoms with E-state index >= 15 is 4.39 Å². The smallest absolute Gasteiger partial charge is 0.410 e. The zero-order valence-electron chi connectivity index (χ0n) is 12.6. The van der Waals surface area contributed by atoms with Crippen LogP contribution in [0.3, 0.4) is 0 Å². The van der Waals surface area contributed by atoms with Crippen molar-refractivity contribution in [3.63, 3.8) is 0 Å². The van der Waals surface area contributed by atoms with Crippen molar-refractivity contribution in [3.8, 4) is 0 Å². The summed E-state index contributed by atoms with van der Waals surface area (Å²) in [5.41, 5.74) is -1.65. The molecule has 1 saturated heterocycles. The molecule has 0 spiro atoms. The summed E-state index contributed by atoms with van der Waals surface area (Å²) in [7, 11) is 0. The van der Waals surface area contributed by atoms with Gasteiger partial charge in [-0.15, -0.1) is 0 Å². The van der Waals surface area contributed by atoms with Crippen LogP contribution in [0.5, 0.6) is 0 Å². The number of benzene rings is 1. The first-order valence-electron chi connectivity index (χ1n) is 6.97. The van der Waals surface area contributed by atoms with Crippen molar-refractivity contribution in [1.82, 2.24) is 4.90 Å². The van der Waals surface area contributed by atoms with Gasteiger partial charge in [-0.05, 0) is 20.8 Å². The number of likely N-dealkylation sites (tertiary alicyclic amines) is 1. The minimum absolute atomic E-state index is 0.0905. The van der Waals surface area contributed by atoms with E-state index in [1.54, 1.807) is 45.0 Å². The molecule has 0 N–H and O–H groups in total. The predicted octanol–water partition coefficient (Wildman–Crippen LogP) is 3.30. The van der Waals surface area contributed by atoms with E-state index in [0.717, 1.165) is 0 Å². The topological polar surface area (TPSA) is 46.6 Å². The van der Waals surface area contributed by atoms with E-state index in [1.807, 2.05) is 0 Å². The number of ether oxygens (including phenoxy) is 1. The number of alkyl halides is 1. The fraction of sp³-hybridized carbons (Fsp3) is 0.500. The maximum atomic E-state index is 15.1. The Kier molecular flexibility index (Phi) is 4.03. The molecule has 1 amide bonds. The average molecular weight is 293 g/mol. The second-order valence-electron chi connectivity index (χ2n) is 6.32. The first-order chi connectivity index (χ1) is 9.75. The van der Waals surface area contributed by atoms with E-state index < -0.39 is 17.4 Å². The number of halogens is 1. The molecule has 2 rings (SSSR count). The summed E-state index contributed by atoms with van der Waals surface area (Å²) in [6, 6.07) is 6.57. The SMILES string of the molecule is CC(C)(C)OC(=O)N1CCC(F)(c2ccccc2C=O)C1. The van der Waals surface area contributed by atoms with Crippen LogP contribution in [0.4, 0.5) is 9.18 Å². The van der Waals surface area contributed by atoms with Gasteiger partial charge < -0.3 is 9.64 Å². The molecular formula is C16H20FNO3. The largest absolute Gasteiger partial charge is 0.444 e. The Labute approximate surface area is 123 Å². The highest BCUT2D eigenvalue weighted by atomic mass is 19.1. The van der Waals surface area contributed by atoms with Crippen LogP contribution in [0.1, 0.15) is 43.1 Å². The van der Waals surface area contributed by atoms with Crippen LogP contribution < -0.4 is 0 Å². The normalized spacial score (nSPS) is 22.2. The van der Waals surface area contributed by atoms with Gasteiger partial charge >= 0.3 is 6.09 Å². The molecule has 21 heavy (non-hydrogen) atoms. The van der Waals surface area contributed by atoms with Crippen molar-refractivity contribution in [2.45, 2.75) is 38.5 Å². The van der Waals surface area contributed by atoms with Crippen LogP contribution in [0.2, 0.25) is 0 Å². The third-order valence-electron chi connectivity index (χ3n) is 3.44. The molecule has 1 fully saturated rings. The number of hydrogen-bond acceptors (Lipinski definition) is 3. The Morgan fingerprint density at radius 3 is 2.67 bits per heavy atom. The van der Waals surface area contributed by atoms with Crippen LogP contribution in [-0.4, -0.2) is 36.0 Å². The molecule has 1 heterocycles. The van der Waals surface area contributed by atoms with Crippen LogP contribution in [0, 0.1) is 0 Å². The Morgan fingerprint density at radius 2 is 2.05 bits per heavy atom. The van der Waals surface area contributed by atoms with E-state index in [0.29, 0.717) is 17.4 Å². The molecule has 1 aliphatic rings. The predicted molar refractivity (Wildman–Crippen MR) is 77.0 cm³/mol. The molecule has 0 aliphatic carbocycles. The van der Waals surface area contributed by atoms with E-state index in [1.165, 1.54) is 4.90 Å². The van der Waals surface area contributed by atoms with Crippen LogP contribution in [0.25, 0.3) is 0 Å². The zero-order valence-corrected chi connectivity index (χ0v) is 12.6. The van der Waals surface area contributed by atoms with Gasteiger partial charge in [-0.1, -0.05) is 24.3 Å². The Hall–Kier alpha value is -1.91.